The Morgan fingerprint density at radius 1 is 1.35 bits per heavy atom. The highest BCUT2D eigenvalue weighted by Gasteiger charge is 2.64. The molecule has 92 valence electrons. The van der Waals surface area contributed by atoms with E-state index in [0.717, 1.165) is 25.2 Å². The summed E-state index contributed by atoms with van der Waals surface area (Å²) in [4.78, 5) is 0. The minimum atomic E-state index is 0.0839. The average molecular weight is 232 g/mol. The molecular weight excluding hydrogens is 212 g/mol. The molecule has 1 heterocycles. The fraction of sp³-hybridized carbons (Fsp3) is 0.600. The van der Waals surface area contributed by atoms with Gasteiger partial charge in [-0.05, 0) is 29.9 Å². The Morgan fingerprint density at radius 2 is 2.06 bits per heavy atom. The Labute approximate surface area is 103 Å². The summed E-state index contributed by atoms with van der Waals surface area (Å²) >= 11 is 0. The van der Waals surface area contributed by atoms with Crippen molar-refractivity contribution >= 4 is 0 Å². The van der Waals surface area contributed by atoms with Crippen LogP contribution < -0.4 is 4.74 Å². The number of aliphatic hydroxyl groups excluding tert-OH is 1. The molecule has 1 fully saturated rings. The Balaban J connectivity index is 1.86. The van der Waals surface area contributed by atoms with Crippen molar-refractivity contribution < 1.29 is 9.84 Å². The molecule has 2 nitrogen and oxygen atoms in total. The maximum Gasteiger partial charge on any atom is 0.122 e. The van der Waals surface area contributed by atoms with Crippen LogP contribution >= 0.6 is 0 Å². The summed E-state index contributed by atoms with van der Waals surface area (Å²) in [6.07, 6.45) is 2.16. The van der Waals surface area contributed by atoms with E-state index in [9.17, 15) is 5.11 Å². The van der Waals surface area contributed by atoms with E-state index in [2.05, 4.69) is 26.0 Å². The van der Waals surface area contributed by atoms with Gasteiger partial charge < -0.3 is 9.84 Å². The number of rotatable bonds is 2. The average Bonchev–Trinajstić information content (AvgIpc) is 2.92. The minimum absolute atomic E-state index is 0.0839. The molecule has 3 rings (SSSR count). The fourth-order valence-corrected chi connectivity index (χ4v) is 3.52. The molecule has 17 heavy (non-hydrogen) atoms. The van der Waals surface area contributed by atoms with Crippen molar-refractivity contribution in [3.63, 3.8) is 0 Å². The fourth-order valence-electron chi connectivity index (χ4n) is 3.52. The summed E-state index contributed by atoms with van der Waals surface area (Å²) in [5.41, 5.74) is 1.64. The van der Waals surface area contributed by atoms with E-state index in [1.165, 1.54) is 5.56 Å². The molecule has 2 atom stereocenters. The van der Waals surface area contributed by atoms with E-state index >= 15 is 0 Å². The Bertz CT molecular complexity index is 438. The number of fused-ring (bicyclic) bond motifs is 1. The molecule has 0 amide bonds. The largest absolute Gasteiger partial charge is 0.493 e. The Kier molecular flexibility index (Phi) is 2.27. The molecule has 2 unspecified atom stereocenters. The van der Waals surface area contributed by atoms with Gasteiger partial charge in [0, 0.05) is 17.9 Å². The van der Waals surface area contributed by atoms with Gasteiger partial charge >= 0.3 is 0 Å². The monoisotopic (exact) mass is 232 g/mol. The highest BCUT2D eigenvalue weighted by atomic mass is 16.5. The molecule has 2 heteroatoms. The van der Waals surface area contributed by atoms with Crippen LogP contribution in [0.1, 0.15) is 25.8 Å². The van der Waals surface area contributed by atoms with E-state index < -0.39 is 0 Å². The zero-order valence-electron chi connectivity index (χ0n) is 10.6. The number of hydrogen-bond donors (Lipinski definition) is 1. The lowest BCUT2D eigenvalue weighted by Gasteiger charge is -2.33. The van der Waals surface area contributed by atoms with Gasteiger partial charge in [0.1, 0.15) is 5.75 Å². The van der Waals surface area contributed by atoms with Crippen LogP contribution in [0.3, 0.4) is 0 Å². The van der Waals surface area contributed by atoms with Crippen LogP contribution in [0.2, 0.25) is 0 Å². The van der Waals surface area contributed by atoms with Gasteiger partial charge in [-0.15, -0.1) is 0 Å². The van der Waals surface area contributed by atoms with Crippen molar-refractivity contribution in [3.05, 3.63) is 29.8 Å². The number of aliphatic hydroxyl groups is 1. The van der Waals surface area contributed by atoms with Crippen LogP contribution in [0.15, 0.2) is 24.3 Å². The molecule has 1 N–H and O–H groups in total. The smallest absolute Gasteiger partial charge is 0.122 e. The van der Waals surface area contributed by atoms with E-state index in [1.807, 2.05) is 12.1 Å². The van der Waals surface area contributed by atoms with Crippen molar-refractivity contribution in [3.8, 4) is 5.75 Å². The van der Waals surface area contributed by atoms with E-state index in [4.69, 9.17) is 4.74 Å². The van der Waals surface area contributed by atoms with E-state index in [0.29, 0.717) is 5.92 Å². The molecule has 0 saturated heterocycles. The lowest BCUT2D eigenvalue weighted by Crippen LogP contribution is -2.34. The standard InChI is InChI=1S/C15H20O2/c1-14(2)9-15(14,10-16)12-7-11-5-3-4-6-13(11)17-8-12/h3-6,12,16H,7-10H2,1-2H3. The molecule has 0 aromatic heterocycles. The third-order valence-electron chi connectivity index (χ3n) is 4.92. The zero-order valence-corrected chi connectivity index (χ0v) is 10.6. The molecule has 2 aliphatic rings. The van der Waals surface area contributed by atoms with Gasteiger partial charge in [0.05, 0.1) is 6.61 Å². The SMILES string of the molecule is CC1(C)CC1(CO)C1COc2ccccc2C1. The Hall–Kier alpha value is -1.02. The molecule has 1 aromatic carbocycles. The normalized spacial score (nSPS) is 33.7. The van der Waals surface area contributed by atoms with Gasteiger partial charge in [-0.3, -0.25) is 0 Å². The number of benzene rings is 1. The lowest BCUT2D eigenvalue weighted by atomic mass is 9.79. The predicted octanol–water partition coefficient (Wildman–Crippen LogP) is 2.65. The van der Waals surface area contributed by atoms with Crippen LogP contribution in [0.4, 0.5) is 0 Å². The van der Waals surface area contributed by atoms with Crippen LogP contribution in [0, 0.1) is 16.7 Å². The van der Waals surface area contributed by atoms with Crippen molar-refractivity contribution in [1.29, 1.82) is 0 Å². The second-order valence-electron chi connectivity index (χ2n) is 6.19. The third kappa shape index (κ3) is 1.50. The van der Waals surface area contributed by atoms with Crippen molar-refractivity contribution in [1.82, 2.24) is 0 Å². The molecule has 0 spiro atoms. The van der Waals surface area contributed by atoms with E-state index in [-0.39, 0.29) is 17.4 Å². The van der Waals surface area contributed by atoms with Gasteiger partial charge in [0.25, 0.3) is 0 Å². The second-order valence-corrected chi connectivity index (χ2v) is 6.19. The van der Waals surface area contributed by atoms with Crippen LogP contribution in [0.5, 0.6) is 5.75 Å². The Morgan fingerprint density at radius 3 is 2.71 bits per heavy atom. The summed E-state index contributed by atoms with van der Waals surface area (Å²) < 4.78 is 5.85. The van der Waals surface area contributed by atoms with Gasteiger partial charge in [-0.2, -0.15) is 0 Å². The minimum Gasteiger partial charge on any atom is -0.493 e. The number of hydrogen-bond acceptors (Lipinski definition) is 2. The third-order valence-corrected chi connectivity index (χ3v) is 4.92. The maximum atomic E-state index is 9.74. The molecular formula is C15H20O2. The first-order valence-electron chi connectivity index (χ1n) is 6.41. The summed E-state index contributed by atoms with van der Waals surface area (Å²) in [5.74, 6) is 1.48. The zero-order chi connectivity index (χ0) is 12.1. The first kappa shape index (κ1) is 11.1. The van der Waals surface area contributed by atoms with Crippen LogP contribution in [-0.2, 0) is 6.42 Å². The van der Waals surface area contributed by atoms with Gasteiger partial charge in [-0.1, -0.05) is 32.0 Å². The van der Waals surface area contributed by atoms with Crippen molar-refractivity contribution in [2.75, 3.05) is 13.2 Å². The predicted molar refractivity (Wildman–Crippen MR) is 67.0 cm³/mol. The second kappa shape index (κ2) is 3.49. The first-order valence-corrected chi connectivity index (χ1v) is 6.41. The van der Waals surface area contributed by atoms with Crippen LogP contribution in [-0.4, -0.2) is 18.3 Å². The van der Waals surface area contributed by atoms with Gasteiger partial charge in [-0.25, -0.2) is 0 Å². The summed E-state index contributed by atoms with van der Waals surface area (Å²) in [5, 5.41) is 9.74. The summed E-state index contributed by atoms with van der Waals surface area (Å²) in [6.45, 7) is 5.55. The molecule has 1 aliphatic heterocycles. The maximum absolute atomic E-state index is 9.74. The molecule has 1 aliphatic carbocycles. The highest BCUT2D eigenvalue weighted by Crippen LogP contribution is 2.68. The lowest BCUT2D eigenvalue weighted by molar-refractivity contribution is 0.0754. The quantitative estimate of drug-likeness (QED) is 0.849. The molecule has 0 radical (unpaired) electrons. The van der Waals surface area contributed by atoms with Crippen molar-refractivity contribution in [2.24, 2.45) is 16.7 Å². The molecule has 1 saturated carbocycles. The summed E-state index contributed by atoms with van der Waals surface area (Å²) in [6, 6.07) is 8.26. The first-order chi connectivity index (χ1) is 8.09. The number of ether oxygens (including phenoxy) is 1. The molecule has 0 bridgehead atoms. The van der Waals surface area contributed by atoms with Crippen molar-refractivity contribution in [2.45, 2.75) is 26.7 Å². The van der Waals surface area contributed by atoms with Gasteiger partial charge in [0.15, 0.2) is 0 Å². The number of para-hydroxylation sites is 1. The molecule has 1 aromatic rings. The highest BCUT2D eigenvalue weighted by molar-refractivity contribution is 5.36. The topological polar surface area (TPSA) is 29.5 Å². The van der Waals surface area contributed by atoms with E-state index in [1.54, 1.807) is 0 Å². The summed E-state index contributed by atoms with van der Waals surface area (Å²) in [7, 11) is 0. The van der Waals surface area contributed by atoms with Crippen LogP contribution in [0.25, 0.3) is 0 Å². The van der Waals surface area contributed by atoms with Gasteiger partial charge in [0.2, 0.25) is 0 Å².